The predicted molar refractivity (Wildman–Crippen MR) is 83.2 cm³/mol. The summed E-state index contributed by atoms with van der Waals surface area (Å²) in [4.78, 5) is 11.9. The van der Waals surface area contributed by atoms with Gasteiger partial charge in [0, 0.05) is 12.2 Å². The fourth-order valence-electron chi connectivity index (χ4n) is 2.68. The van der Waals surface area contributed by atoms with Gasteiger partial charge in [-0.1, -0.05) is 12.8 Å². The van der Waals surface area contributed by atoms with E-state index in [1.54, 1.807) is 6.92 Å². The minimum Gasteiger partial charge on any atom is -0.484 e. The van der Waals surface area contributed by atoms with Crippen LogP contribution in [0.25, 0.3) is 0 Å². The third-order valence-electron chi connectivity index (χ3n) is 3.94. The van der Waals surface area contributed by atoms with Crippen molar-refractivity contribution in [3.8, 4) is 5.75 Å². The molecule has 0 aromatic heterocycles. The van der Waals surface area contributed by atoms with Crippen LogP contribution in [-0.4, -0.2) is 36.1 Å². The van der Waals surface area contributed by atoms with Gasteiger partial charge in [-0.3, -0.25) is 0 Å². The number of amides is 2. The molecule has 1 fully saturated rings. The molecule has 0 atom stereocenters. The first-order valence-corrected chi connectivity index (χ1v) is 7.74. The van der Waals surface area contributed by atoms with E-state index in [0.717, 1.165) is 12.8 Å². The Morgan fingerprint density at radius 1 is 1.33 bits per heavy atom. The summed E-state index contributed by atoms with van der Waals surface area (Å²) in [5, 5.41) is 15.4. The molecular weight excluding hydrogens is 325 g/mol. The molecule has 1 aliphatic rings. The highest BCUT2D eigenvalue weighted by Crippen LogP contribution is 2.28. The van der Waals surface area contributed by atoms with Crippen LogP contribution < -0.4 is 15.4 Å². The van der Waals surface area contributed by atoms with Gasteiger partial charge in [-0.2, -0.15) is 13.2 Å². The first-order valence-electron chi connectivity index (χ1n) is 7.74. The summed E-state index contributed by atoms with van der Waals surface area (Å²) < 4.78 is 41.2. The lowest BCUT2D eigenvalue weighted by atomic mass is 10.0. The van der Waals surface area contributed by atoms with Crippen molar-refractivity contribution in [2.45, 2.75) is 44.4 Å². The third kappa shape index (κ3) is 5.59. The predicted octanol–water partition coefficient (Wildman–Crippen LogP) is 3.36. The molecule has 1 aromatic carbocycles. The van der Waals surface area contributed by atoms with E-state index in [9.17, 15) is 23.1 Å². The van der Waals surface area contributed by atoms with Gasteiger partial charge in [0.2, 0.25) is 0 Å². The number of aliphatic hydroxyl groups is 1. The molecule has 0 saturated heterocycles. The Kier molecular flexibility index (Phi) is 5.58. The highest BCUT2D eigenvalue weighted by atomic mass is 19.4. The standard InChI is InChI=1S/C16H21F3N2O3/c1-11-8-12(4-5-13(11)24-10-16(17,18)19)21-14(22)20-9-15(23)6-2-3-7-15/h4-5,8,23H,2-3,6-7,9-10H2,1H3,(H2,20,21,22). The number of rotatable bonds is 5. The zero-order chi connectivity index (χ0) is 17.8. The number of alkyl halides is 3. The van der Waals surface area contributed by atoms with E-state index in [-0.39, 0.29) is 12.3 Å². The molecule has 24 heavy (non-hydrogen) atoms. The first kappa shape index (κ1) is 18.4. The minimum absolute atomic E-state index is 0.110. The maximum absolute atomic E-state index is 12.2. The number of benzene rings is 1. The molecule has 1 aromatic rings. The van der Waals surface area contributed by atoms with Gasteiger partial charge < -0.3 is 20.5 Å². The molecule has 1 aliphatic carbocycles. The Morgan fingerprint density at radius 3 is 2.58 bits per heavy atom. The zero-order valence-corrected chi connectivity index (χ0v) is 13.4. The summed E-state index contributed by atoms with van der Waals surface area (Å²) >= 11 is 0. The smallest absolute Gasteiger partial charge is 0.422 e. The van der Waals surface area contributed by atoms with Crippen LogP contribution in [0.4, 0.5) is 23.7 Å². The van der Waals surface area contributed by atoms with Gasteiger partial charge >= 0.3 is 12.2 Å². The fraction of sp³-hybridized carbons (Fsp3) is 0.562. The number of nitrogens with one attached hydrogen (secondary N) is 2. The van der Waals surface area contributed by atoms with E-state index >= 15 is 0 Å². The van der Waals surface area contributed by atoms with Crippen molar-refractivity contribution in [1.29, 1.82) is 0 Å². The zero-order valence-electron chi connectivity index (χ0n) is 13.4. The van der Waals surface area contributed by atoms with Crippen LogP contribution in [0, 0.1) is 6.92 Å². The Labute approximate surface area is 138 Å². The number of carbonyl (C=O) groups is 1. The van der Waals surface area contributed by atoms with Crippen LogP contribution in [0.3, 0.4) is 0 Å². The van der Waals surface area contributed by atoms with Crippen molar-refractivity contribution in [2.75, 3.05) is 18.5 Å². The summed E-state index contributed by atoms with van der Waals surface area (Å²) in [5.41, 5.74) is 0.0666. The van der Waals surface area contributed by atoms with Gasteiger partial charge in [-0.05, 0) is 43.5 Å². The molecule has 0 aliphatic heterocycles. The average molecular weight is 346 g/mol. The van der Waals surface area contributed by atoms with E-state index < -0.39 is 24.4 Å². The highest BCUT2D eigenvalue weighted by molar-refractivity contribution is 5.89. The van der Waals surface area contributed by atoms with Crippen LogP contribution in [-0.2, 0) is 0 Å². The maximum Gasteiger partial charge on any atom is 0.422 e. The topological polar surface area (TPSA) is 70.6 Å². The van der Waals surface area contributed by atoms with E-state index in [1.165, 1.54) is 18.2 Å². The number of urea groups is 1. The summed E-state index contributed by atoms with van der Waals surface area (Å²) in [7, 11) is 0. The molecule has 134 valence electrons. The second-order valence-corrected chi connectivity index (χ2v) is 6.12. The van der Waals surface area contributed by atoms with Gasteiger partial charge in [0.05, 0.1) is 5.60 Å². The Hall–Kier alpha value is -1.96. The number of ether oxygens (including phenoxy) is 1. The summed E-state index contributed by atoms with van der Waals surface area (Å²) in [6, 6.07) is 3.89. The Morgan fingerprint density at radius 2 is 2.00 bits per heavy atom. The number of halogens is 3. The van der Waals surface area contributed by atoms with Crippen LogP contribution in [0.1, 0.15) is 31.2 Å². The molecule has 5 nitrogen and oxygen atoms in total. The van der Waals surface area contributed by atoms with Gasteiger partial charge in [0.15, 0.2) is 6.61 Å². The number of hydrogen-bond acceptors (Lipinski definition) is 3. The summed E-state index contributed by atoms with van der Waals surface area (Å²) in [6.45, 7) is 0.403. The lowest BCUT2D eigenvalue weighted by Gasteiger charge is -2.22. The highest BCUT2D eigenvalue weighted by Gasteiger charge is 2.31. The quantitative estimate of drug-likeness (QED) is 0.766. The molecule has 8 heteroatoms. The number of hydrogen-bond donors (Lipinski definition) is 3. The molecule has 0 bridgehead atoms. The van der Waals surface area contributed by atoms with Crippen LogP contribution >= 0.6 is 0 Å². The molecule has 0 spiro atoms. The SMILES string of the molecule is Cc1cc(NC(=O)NCC2(O)CCCC2)ccc1OCC(F)(F)F. The van der Waals surface area contributed by atoms with E-state index in [1.807, 2.05) is 0 Å². The fourth-order valence-corrected chi connectivity index (χ4v) is 2.68. The second kappa shape index (κ2) is 7.29. The van der Waals surface area contributed by atoms with Gasteiger partial charge in [0.1, 0.15) is 5.75 Å². The third-order valence-corrected chi connectivity index (χ3v) is 3.94. The Bertz CT molecular complexity index is 584. The molecule has 2 rings (SSSR count). The minimum atomic E-state index is -4.40. The van der Waals surface area contributed by atoms with Crippen LogP contribution in [0.15, 0.2) is 18.2 Å². The normalized spacial score (nSPS) is 16.7. The number of aryl methyl sites for hydroxylation is 1. The van der Waals surface area contributed by atoms with Crippen LogP contribution in [0.5, 0.6) is 5.75 Å². The lowest BCUT2D eigenvalue weighted by Crippen LogP contribution is -2.42. The molecule has 0 heterocycles. The maximum atomic E-state index is 12.2. The Balaban J connectivity index is 1.86. The second-order valence-electron chi connectivity index (χ2n) is 6.12. The van der Waals surface area contributed by atoms with E-state index in [4.69, 9.17) is 4.74 Å². The van der Waals surface area contributed by atoms with Crippen molar-refractivity contribution >= 4 is 11.7 Å². The van der Waals surface area contributed by atoms with E-state index in [0.29, 0.717) is 24.1 Å². The number of anilines is 1. The van der Waals surface area contributed by atoms with Crippen molar-refractivity contribution in [2.24, 2.45) is 0 Å². The van der Waals surface area contributed by atoms with Crippen LogP contribution in [0.2, 0.25) is 0 Å². The van der Waals surface area contributed by atoms with Gasteiger partial charge in [0.25, 0.3) is 0 Å². The van der Waals surface area contributed by atoms with Crippen molar-refractivity contribution in [1.82, 2.24) is 5.32 Å². The van der Waals surface area contributed by atoms with Gasteiger partial charge in [-0.15, -0.1) is 0 Å². The summed E-state index contributed by atoms with van der Waals surface area (Å²) in [5.74, 6) is 0.110. The lowest BCUT2D eigenvalue weighted by molar-refractivity contribution is -0.153. The molecule has 0 unspecified atom stereocenters. The average Bonchev–Trinajstić information content (AvgIpc) is 2.91. The van der Waals surface area contributed by atoms with Crippen molar-refractivity contribution in [3.05, 3.63) is 23.8 Å². The van der Waals surface area contributed by atoms with Gasteiger partial charge in [-0.25, -0.2) is 4.79 Å². The largest absolute Gasteiger partial charge is 0.484 e. The number of carbonyl (C=O) groups excluding carboxylic acids is 1. The van der Waals surface area contributed by atoms with Crippen molar-refractivity contribution < 1.29 is 27.8 Å². The molecule has 3 N–H and O–H groups in total. The molecule has 0 radical (unpaired) electrons. The molecular formula is C16H21F3N2O3. The summed E-state index contributed by atoms with van der Waals surface area (Å²) in [6.07, 6.45) is -1.18. The molecule has 2 amide bonds. The monoisotopic (exact) mass is 346 g/mol. The van der Waals surface area contributed by atoms with Crippen molar-refractivity contribution in [3.63, 3.8) is 0 Å². The first-order chi connectivity index (χ1) is 11.2. The molecule has 1 saturated carbocycles. The van der Waals surface area contributed by atoms with E-state index in [2.05, 4.69) is 10.6 Å².